The van der Waals surface area contributed by atoms with Crippen molar-refractivity contribution in [2.24, 2.45) is 10.4 Å². The van der Waals surface area contributed by atoms with Gasteiger partial charge >= 0.3 is 0 Å². The molecule has 30 heavy (non-hydrogen) atoms. The zero-order chi connectivity index (χ0) is 21.2. The summed E-state index contributed by atoms with van der Waals surface area (Å²) < 4.78 is 5.28. The van der Waals surface area contributed by atoms with Gasteiger partial charge in [-0.25, -0.2) is 4.99 Å². The first-order valence-corrected chi connectivity index (χ1v) is 11.2. The summed E-state index contributed by atoms with van der Waals surface area (Å²) >= 11 is 0. The van der Waals surface area contributed by atoms with E-state index in [0.29, 0.717) is 5.41 Å². The summed E-state index contributed by atoms with van der Waals surface area (Å²) in [5, 5.41) is 6.74. The summed E-state index contributed by atoms with van der Waals surface area (Å²) in [7, 11) is 1.76. The Labute approximate surface area is 180 Å². The molecular formula is C23H37N5O2. The Bertz CT molecular complexity index is 682. The van der Waals surface area contributed by atoms with E-state index < -0.39 is 0 Å². The van der Waals surface area contributed by atoms with Crippen LogP contribution in [0.3, 0.4) is 0 Å². The molecule has 2 fully saturated rings. The number of para-hydroxylation sites is 1. The number of piperazine rings is 1. The van der Waals surface area contributed by atoms with Crippen LogP contribution in [0.4, 0.5) is 5.69 Å². The molecule has 1 aromatic carbocycles. The molecule has 3 rings (SSSR count). The summed E-state index contributed by atoms with van der Waals surface area (Å²) in [4.78, 5) is 21.5. The van der Waals surface area contributed by atoms with Crippen LogP contribution in [0.25, 0.3) is 0 Å². The third-order valence-corrected chi connectivity index (χ3v) is 6.35. The number of anilines is 1. The molecule has 1 heterocycles. The van der Waals surface area contributed by atoms with Gasteiger partial charge in [-0.3, -0.25) is 4.79 Å². The average molecular weight is 416 g/mol. The van der Waals surface area contributed by atoms with Gasteiger partial charge in [0.15, 0.2) is 5.96 Å². The highest BCUT2D eigenvalue weighted by atomic mass is 16.5. The molecular weight excluding hydrogens is 378 g/mol. The van der Waals surface area contributed by atoms with Crippen LogP contribution in [0.1, 0.15) is 32.6 Å². The summed E-state index contributed by atoms with van der Waals surface area (Å²) in [6.45, 7) is 7.90. The number of benzene rings is 1. The number of carbonyl (C=O) groups excluding carboxylic acids is 1. The molecule has 0 radical (unpaired) electrons. The zero-order valence-electron chi connectivity index (χ0n) is 18.5. The summed E-state index contributed by atoms with van der Waals surface area (Å²) in [5.74, 6) is 0.829. The van der Waals surface area contributed by atoms with E-state index in [1.165, 1.54) is 24.9 Å². The minimum atomic E-state index is 0.0951. The van der Waals surface area contributed by atoms with Gasteiger partial charge in [0, 0.05) is 58.7 Å². The number of nitrogens with one attached hydrogen (secondary N) is 2. The molecule has 0 aromatic heterocycles. The second-order valence-electron chi connectivity index (χ2n) is 8.35. The van der Waals surface area contributed by atoms with Crippen LogP contribution >= 0.6 is 0 Å². The van der Waals surface area contributed by atoms with Crippen molar-refractivity contribution in [1.82, 2.24) is 15.5 Å². The van der Waals surface area contributed by atoms with Crippen LogP contribution in [0.5, 0.6) is 0 Å². The summed E-state index contributed by atoms with van der Waals surface area (Å²) in [6.07, 6.45) is 4.81. The Morgan fingerprint density at radius 3 is 2.47 bits per heavy atom. The lowest BCUT2D eigenvalue weighted by molar-refractivity contribution is -0.129. The van der Waals surface area contributed by atoms with Crippen molar-refractivity contribution >= 4 is 17.6 Å². The Hall–Kier alpha value is -2.28. The van der Waals surface area contributed by atoms with Gasteiger partial charge in [-0.05, 0) is 43.7 Å². The van der Waals surface area contributed by atoms with E-state index in [2.05, 4.69) is 44.8 Å². The Morgan fingerprint density at radius 1 is 1.13 bits per heavy atom. The molecule has 1 amide bonds. The van der Waals surface area contributed by atoms with Crippen LogP contribution < -0.4 is 15.5 Å². The normalized spacial score (nSPS) is 18.7. The Morgan fingerprint density at radius 2 is 1.87 bits per heavy atom. The van der Waals surface area contributed by atoms with Crippen molar-refractivity contribution in [1.29, 1.82) is 0 Å². The van der Waals surface area contributed by atoms with Gasteiger partial charge < -0.3 is 25.2 Å². The average Bonchev–Trinajstić information content (AvgIpc) is 2.77. The van der Waals surface area contributed by atoms with E-state index in [0.717, 1.165) is 58.3 Å². The lowest BCUT2D eigenvalue weighted by atomic mass is 9.67. The molecule has 1 saturated heterocycles. The third-order valence-electron chi connectivity index (χ3n) is 6.35. The van der Waals surface area contributed by atoms with E-state index in [4.69, 9.17) is 4.74 Å². The smallest absolute Gasteiger partial charge is 0.244 e. The molecule has 0 spiro atoms. The largest absolute Gasteiger partial charge is 0.385 e. The maximum absolute atomic E-state index is 12.7. The quantitative estimate of drug-likeness (QED) is 0.478. The van der Waals surface area contributed by atoms with Crippen molar-refractivity contribution in [3.63, 3.8) is 0 Å². The molecule has 2 N–H and O–H groups in total. The number of rotatable bonds is 9. The van der Waals surface area contributed by atoms with E-state index in [1.54, 1.807) is 7.11 Å². The standard InChI is InChI=1S/C23H37N5O2/c1-3-24-22(26-19-23(10-7-11-23)12-17-30-2)25-18-21(29)28-15-13-27(14-16-28)20-8-5-4-6-9-20/h4-6,8-9H,3,7,10-19H2,1-2H3,(H2,24,25,26). The number of methoxy groups -OCH3 is 1. The number of nitrogens with zero attached hydrogens (tertiary/aromatic N) is 3. The Kier molecular flexibility index (Phi) is 8.37. The maximum atomic E-state index is 12.7. The van der Waals surface area contributed by atoms with Crippen LogP contribution in [0.2, 0.25) is 0 Å². The monoisotopic (exact) mass is 415 g/mol. The molecule has 1 aliphatic carbocycles. The van der Waals surface area contributed by atoms with Crippen molar-refractivity contribution in [3.8, 4) is 0 Å². The van der Waals surface area contributed by atoms with Gasteiger partial charge in [-0.2, -0.15) is 0 Å². The molecule has 1 aliphatic heterocycles. The minimum Gasteiger partial charge on any atom is -0.385 e. The van der Waals surface area contributed by atoms with Gasteiger partial charge in [0.25, 0.3) is 0 Å². The number of ether oxygens (including phenoxy) is 1. The Balaban J connectivity index is 1.46. The predicted octanol–water partition coefficient (Wildman–Crippen LogP) is 2.10. The van der Waals surface area contributed by atoms with Gasteiger partial charge in [0.2, 0.25) is 5.91 Å². The fourth-order valence-corrected chi connectivity index (χ4v) is 4.22. The van der Waals surface area contributed by atoms with Gasteiger partial charge in [0.1, 0.15) is 6.54 Å². The highest BCUT2D eigenvalue weighted by Crippen LogP contribution is 2.43. The molecule has 0 atom stereocenters. The highest BCUT2D eigenvalue weighted by Gasteiger charge is 2.36. The fraction of sp³-hybridized carbons (Fsp3) is 0.652. The van der Waals surface area contributed by atoms with Gasteiger partial charge in [-0.1, -0.05) is 24.6 Å². The second kappa shape index (κ2) is 11.2. The van der Waals surface area contributed by atoms with Crippen LogP contribution in [0.15, 0.2) is 35.3 Å². The van der Waals surface area contributed by atoms with Crippen LogP contribution in [-0.4, -0.2) is 76.3 Å². The molecule has 1 saturated carbocycles. The number of amides is 1. The zero-order valence-corrected chi connectivity index (χ0v) is 18.5. The van der Waals surface area contributed by atoms with E-state index in [1.807, 2.05) is 17.9 Å². The minimum absolute atomic E-state index is 0.0951. The SMILES string of the molecule is CCNC(=NCC(=O)N1CCN(c2ccccc2)CC1)NCC1(CCOC)CCC1. The fourth-order valence-electron chi connectivity index (χ4n) is 4.22. The molecule has 0 unspecified atom stereocenters. The summed E-state index contributed by atoms with van der Waals surface area (Å²) in [6, 6.07) is 10.4. The molecule has 166 valence electrons. The van der Waals surface area contributed by atoms with Crippen molar-refractivity contribution in [2.45, 2.75) is 32.6 Å². The van der Waals surface area contributed by atoms with E-state index in [9.17, 15) is 4.79 Å². The van der Waals surface area contributed by atoms with Crippen LogP contribution in [-0.2, 0) is 9.53 Å². The first-order chi connectivity index (χ1) is 14.7. The van der Waals surface area contributed by atoms with E-state index in [-0.39, 0.29) is 12.5 Å². The first-order valence-electron chi connectivity index (χ1n) is 11.2. The number of hydrogen-bond donors (Lipinski definition) is 2. The van der Waals surface area contributed by atoms with Crippen molar-refractivity contribution in [2.75, 3.05) is 64.4 Å². The predicted molar refractivity (Wildman–Crippen MR) is 122 cm³/mol. The van der Waals surface area contributed by atoms with Crippen molar-refractivity contribution in [3.05, 3.63) is 30.3 Å². The molecule has 2 aliphatic rings. The van der Waals surface area contributed by atoms with Gasteiger partial charge in [0.05, 0.1) is 0 Å². The topological polar surface area (TPSA) is 69.2 Å². The number of guanidine groups is 1. The lowest BCUT2D eigenvalue weighted by Crippen LogP contribution is -2.50. The van der Waals surface area contributed by atoms with Crippen molar-refractivity contribution < 1.29 is 9.53 Å². The number of carbonyl (C=O) groups is 1. The highest BCUT2D eigenvalue weighted by molar-refractivity contribution is 5.85. The molecule has 1 aromatic rings. The number of aliphatic imine (C=N–C) groups is 1. The summed E-state index contributed by atoms with van der Waals surface area (Å²) in [5.41, 5.74) is 1.53. The lowest BCUT2D eigenvalue weighted by Gasteiger charge is -2.42. The van der Waals surface area contributed by atoms with Gasteiger partial charge in [-0.15, -0.1) is 0 Å². The first kappa shape index (κ1) is 22.4. The maximum Gasteiger partial charge on any atom is 0.244 e. The molecule has 7 nitrogen and oxygen atoms in total. The third kappa shape index (κ3) is 6.11. The second-order valence-corrected chi connectivity index (χ2v) is 8.35. The number of hydrogen-bond acceptors (Lipinski definition) is 4. The molecule has 7 heteroatoms. The molecule has 0 bridgehead atoms. The van der Waals surface area contributed by atoms with E-state index >= 15 is 0 Å². The van der Waals surface area contributed by atoms with Crippen LogP contribution in [0, 0.1) is 5.41 Å².